The summed E-state index contributed by atoms with van der Waals surface area (Å²) < 4.78 is 5.11. The second-order valence-electron chi connectivity index (χ2n) is 6.69. The summed E-state index contributed by atoms with van der Waals surface area (Å²) in [4.78, 5) is 8.47. The van der Waals surface area contributed by atoms with Crippen molar-refractivity contribution in [2.45, 2.75) is 46.6 Å². The van der Waals surface area contributed by atoms with Crippen LogP contribution in [0.15, 0.2) is 33.8 Å². The van der Waals surface area contributed by atoms with Gasteiger partial charge in [-0.15, -0.1) is 24.0 Å². The van der Waals surface area contributed by atoms with Gasteiger partial charge in [0, 0.05) is 20.0 Å². The summed E-state index contributed by atoms with van der Waals surface area (Å²) in [5, 5.41) is 10.5. The van der Waals surface area contributed by atoms with Gasteiger partial charge in [0.1, 0.15) is 0 Å². The van der Waals surface area contributed by atoms with Crippen molar-refractivity contribution in [3.05, 3.63) is 47.1 Å². The van der Waals surface area contributed by atoms with Crippen LogP contribution in [0.1, 0.15) is 49.7 Å². The second-order valence-corrected chi connectivity index (χ2v) is 6.69. The molecule has 0 amide bonds. The molecule has 1 aromatic heterocycles. The molecule has 0 fully saturated rings. The van der Waals surface area contributed by atoms with Crippen LogP contribution in [0, 0.1) is 12.8 Å². The standard InChI is InChI=1S/C19H29N5O.HI/c1-13(2)12-16-6-8-17(9-7-16)14(3)22-19(20-5)21-11-10-18-23-15(4)24-25-18;/h6-9,13-14H,10-12H2,1-5H3,(H2,20,21,22);1H. The average Bonchev–Trinajstić information content (AvgIpc) is 2.99. The Bertz CT molecular complexity index is 681. The molecule has 1 heterocycles. The molecule has 0 radical (unpaired) electrons. The third-order valence-corrected chi connectivity index (χ3v) is 3.90. The summed E-state index contributed by atoms with van der Waals surface area (Å²) in [5.41, 5.74) is 2.62. The van der Waals surface area contributed by atoms with E-state index >= 15 is 0 Å². The van der Waals surface area contributed by atoms with Crippen LogP contribution < -0.4 is 10.6 Å². The predicted octanol–water partition coefficient (Wildman–Crippen LogP) is 3.66. The minimum Gasteiger partial charge on any atom is -0.356 e. The number of rotatable bonds is 7. The number of benzene rings is 1. The van der Waals surface area contributed by atoms with Crippen molar-refractivity contribution < 1.29 is 4.52 Å². The van der Waals surface area contributed by atoms with Crippen molar-refractivity contribution in [2.24, 2.45) is 10.9 Å². The first kappa shape index (κ1) is 22.4. The quantitative estimate of drug-likeness (QED) is 0.366. The Labute approximate surface area is 173 Å². The molecule has 144 valence electrons. The summed E-state index contributed by atoms with van der Waals surface area (Å²) in [6.07, 6.45) is 1.78. The lowest BCUT2D eigenvalue weighted by Crippen LogP contribution is -2.39. The van der Waals surface area contributed by atoms with Gasteiger partial charge in [0.05, 0.1) is 6.04 Å². The van der Waals surface area contributed by atoms with Gasteiger partial charge >= 0.3 is 0 Å². The molecule has 0 aliphatic heterocycles. The Morgan fingerprint density at radius 3 is 2.42 bits per heavy atom. The highest BCUT2D eigenvalue weighted by atomic mass is 127. The Hall–Kier alpha value is -1.64. The number of aryl methyl sites for hydroxylation is 1. The lowest BCUT2D eigenvalue weighted by atomic mass is 10.00. The lowest BCUT2D eigenvalue weighted by Gasteiger charge is -2.18. The van der Waals surface area contributed by atoms with E-state index in [1.54, 1.807) is 7.05 Å². The Morgan fingerprint density at radius 1 is 1.19 bits per heavy atom. The molecule has 6 nitrogen and oxygen atoms in total. The van der Waals surface area contributed by atoms with E-state index in [4.69, 9.17) is 4.52 Å². The van der Waals surface area contributed by atoms with E-state index in [-0.39, 0.29) is 30.0 Å². The maximum atomic E-state index is 5.11. The molecule has 0 spiro atoms. The van der Waals surface area contributed by atoms with Gasteiger partial charge in [0.2, 0.25) is 5.89 Å². The number of aliphatic imine (C=N–C) groups is 1. The summed E-state index contributed by atoms with van der Waals surface area (Å²) >= 11 is 0. The van der Waals surface area contributed by atoms with Crippen molar-refractivity contribution in [3.8, 4) is 0 Å². The van der Waals surface area contributed by atoms with Crippen molar-refractivity contribution in [1.82, 2.24) is 20.8 Å². The van der Waals surface area contributed by atoms with E-state index < -0.39 is 0 Å². The minimum atomic E-state index is 0. The first-order chi connectivity index (χ1) is 12.0. The fourth-order valence-corrected chi connectivity index (χ4v) is 2.63. The molecule has 2 aromatic rings. The first-order valence-electron chi connectivity index (χ1n) is 8.83. The van der Waals surface area contributed by atoms with Gasteiger partial charge in [-0.3, -0.25) is 4.99 Å². The Kier molecular flexibility index (Phi) is 9.61. The molecule has 0 aliphatic carbocycles. The van der Waals surface area contributed by atoms with Gasteiger partial charge in [0.15, 0.2) is 11.8 Å². The van der Waals surface area contributed by atoms with Crippen LogP contribution in [0.5, 0.6) is 0 Å². The summed E-state index contributed by atoms with van der Waals surface area (Å²) in [6.45, 7) is 9.11. The highest BCUT2D eigenvalue weighted by molar-refractivity contribution is 14.0. The highest BCUT2D eigenvalue weighted by Crippen LogP contribution is 2.15. The molecule has 1 unspecified atom stereocenters. The molecule has 7 heteroatoms. The van der Waals surface area contributed by atoms with Gasteiger partial charge in [-0.05, 0) is 37.3 Å². The monoisotopic (exact) mass is 471 g/mol. The Morgan fingerprint density at radius 2 is 1.88 bits per heavy atom. The van der Waals surface area contributed by atoms with Crippen LogP contribution >= 0.6 is 24.0 Å². The maximum absolute atomic E-state index is 5.11. The summed E-state index contributed by atoms with van der Waals surface area (Å²) in [6, 6.07) is 8.96. The smallest absolute Gasteiger partial charge is 0.228 e. The molecule has 0 saturated carbocycles. The zero-order valence-electron chi connectivity index (χ0n) is 16.2. The van der Waals surface area contributed by atoms with Gasteiger partial charge in [-0.2, -0.15) is 4.98 Å². The normalized spacial score (nSPS) is 12.6. The molecule has 0 bridgehead atoms. The van der Waals surface area contributed by atoms with Crippen LogP contribution in [0.25, 0.3) is 0 Å². The number of nitrogens with one attached hydrogen (secondary N) is 2. The van der Waals surface area contributed by atoms with Gasteiger partial charge in [-0.1, -0.05) is 43.3 Å². The molecular weight excluding hydrogens is 441 g/mol. The molecule has 2 N–H and O–H groups in total. The van der Waals surface area contributed by atoms with Crippen LogP contribution in [0.3, 0.4) is 0 Å². The fourth-order valence-electron chi connectivity index (χ4n) is 2.63. The first-order valence-corrected chi connectivity index (χ1v) is 8.83. The zero-order chi connectivity index (χ0) is 18.2. The van der Waals surface area contributed by atoms with Crippen molar-refractivity contribution >= 4 is 29.9 Å². The topological polar surface area (TPSA) is 75.3 Å². The van der Waals surface area contributed by atoms with Gasteiger partial charge < -0.3 is 15.2 Å². The molecular formula is C19H30IN5O. The highest BCUT2D eigenvalue weighted by Gasteiger charge is 2.09. The number of nitrogens with zero attached hydrogens (tertiary/aromatic N) is 3. The van der Waals surface area contributed by atoms with E-state index in [2.05, 4.69) is 70.8 Å². The number of guanidine groups is 1. The molecule has 0 saturated heterocycles. The molecule has 1 aromatic carbocycles. The SMILES string of the molecule is CN=C(NCCc1nc(C)no1)NC(C)c1ccc(CC(C)C)cc1.I. The minimum absolute atomic E-state index is 0. The average molecular weight is 471 g/mol. The molecule has 26 heavy (non-hydrogen) atoms. The van der Waals surface area contributed by atoms with E-state index in [0.717, 1.165) is 12.4 Å². The summed E-state index contributed by atoms with van der Waals surface area (Å²) in [5.74, 6) is 2.73. The number of halogens is 1. The second kappa shape index (κ2) is 11.2. The molecule has 2 rings (SSSR count). The number of hydrogen-bond acceptors (Lipinski definition) is 4. The maximum Gasteiger partial charge on any atom is 0.228 e. The van der Waals surface area contributed by atoms with Crippen LogP contribution in [-0.2, 0) is 12.8 Å². The largest absolute Gasteiger partial charge is 0.356 e. The van der Waals surface area contributed by atoms with Gasteiger partial charge in [-0.25, -0.2) is 0 Å². The predicted molar refractivity (Wildman–Crippen MR) is 116 cm³/mol. The lowest BCUT2D eigenvalue weighted by molar-refractivity contribution is 0.374. The van der Waals surface area contributed by atoms with Crippen LogP contribution in [-0.4, -0.2) is 29.7 Å². The van der Waals surface area contributed by atoms with E-state index in [1.807, 2.05) is 6.92 Å². The van der Waals surface area contributed by atoms with Crippen LogP contribution in [0.2, 0.25) is 0 Å². The van der Waals surface area contributed by atoms with Crippen molar-refractivity contribution in [3.63, 3.8) is 0 Å². The molecule has 1 atom stereocenters. The van der Waals surface area contributed by atoms with Gasteiger partial charge in [0.25, 0.3) is 0 Å². The third kappa shape index (κ3) is 7.31. The van der Waals surface area contributed by atoms with Crippen molar-refractivity contribution in [1.29, 1.82) is 0 Å². The fraction of sp³-hybridized carbons (Fsp3) is 0.526. The Balaban J connectivity index is 0.00000338. The number of aromatic nitrogens is 2. The summed E-state index contributed by atoms with van der Waals surface area (Å²) in [7, 11) is 1.77. The third-order valence-electron chi connectivity index (χ3n) is 3.90. The number of hydrogen-bond donors (Lipinski definition) is 2. The van der Waals surface area contributed by atoms with E-state index in [1.165, 1.54) is 11.1 Å². The van der Waals surface area contributed by atoms with Crippen molar-refractivity contribution in [2.75, 3.05) is 13.6 Å². The van der Waals surface area contributed by atoms with E-state index in [0.29, 0.717) is 30.6 Å². The zero-order valence-corrected chi connectivity index (χ0v) is 18.6. The molecule has 0 aliphatic rings. The van der Waals surface area contributed by atoms with E-state index in [9.17, 15) is 0 Å². The van der Waals surface area contributed by atoms with Crippen LogP contribution in [0.4, 0.5) is 0 Å².